The number of pyridine rings is 1. The van der Waals surface area contributed by atoms with Gasteiger partial charge in [-0.25, -0.2) is 27.5 Å². The molecule has 4 heterocycles. The fourth-order valence-corrected chi connectivity index (χ4v) is 5.13. The lowest BCUT2D eigenvalue weighted by Gasteiger charge is -2.19. The third-order valence-corrected chi connectivity index (χ3v) is 8.01. The molecule has 0 spiro atoms. The Hall–Kier alpha value is -3.61. The van der Waals surface area contributed by atoms with Gasteiger partial charge in [0.25, 0.3) is 5.56 Å². The second-order valence-electron chi connectivity index (χ2n) is 10.4. The van der Waals surface area contributed by atoms with E-state index in [1.807, 2.05) is 12.1 Å². The highest BCUT2D eigenvalue weighted by atomic mass is 32.2. The predicted octanol–water partition coefficient (Wildman–Crippen LogP) is 2.21. The molecule has 38 heavy (non-hydrogen) atoms. The Kier molecular flexibility index (Phi) is 6.80. The molecule has 3 aromatic heterocycles. The van der Waals surface area contributed by atoms with E-state index >= 15 is 0 Å². The van der Waals surface area contributed by atoms with Crippen LogP contribution in [0, 0.1) is 0 Å². The third-order valence-electron chi connectivity index (χ3n) is 6.66. The zero-order valence-corrected chi connectivity index (χ0v) is 22.8. The van der Waals surface area contributed by atoms with Crippen molar-refractivity contribution in [1.29, 1.82) is 0 Å². The fourth-order valence-electron chi connectivity index (χ4n) is 4.51. The van der Waals surface area contributed by atoms with Gasteiger partial charge in [0, 0.05) is 35.7 Å². The van der Waals surface area contributed by atoms with Crippen LogP contribution >= 0.6 is 0 Å². The zero-order valence-electron chi connectivity index (χ0n) is 21.9. The quantitative estimate of drug-likeness (QED) is 0.327. The smallest absolute Gasteiger partial charge is 0.278 e. The first kappa shape index (κ1) is 26.0. The van der Waals surface area contributed by atoms with Crippen molar-refractivity contribution in [2.45, 2.75) is 45.7 Å². The van der Waals surface area contributed by atoms with Crippen molar-refractivity contribution in [3.8, 4) is 5.69 Å². The molecule has 0 radical (unpaired) electrons. The minimum atomic E-state index is -3.55. The van der Waals surface area contributed by atoms with E-state index in [-0.39, 0.29) is 23.3 Å². The highest BCUT2D eigenvalue weighted by Crippen LogP contribution is 2.25. The number of nitrogens with zero attached hydrogens (tertiary/aromatic N) is 5. The molecule has 0 bridgehead atoms. The van der Waals surface area contributed by atoms with Gasteiger partial charge in [0.2, 0.25) is 16.0 Å². The normalized spacial score (nSPS) is 14.0. The highest BCUT2D eigenvalue weighted by molar-refractivity contribution is 7.89. The monoisotopic (exact) mass is 536 g/mol. The maximum absolute atomic E-state index is 13.4. The van der Waals surface area contributed by atoms with Crippen LogP contribution in [0.5, 0.6) is 0 Å². The minimum absolute atomic E-state index is 0.0634. The Morgan fingerprint density at radius 3 is 2.68 bits per heavy atom. The van der Waals surface area contributed by atoms with Gasteiger partial charge >= 0.3 is 0 Å². The van der Waals surface area contributed by atoms with Crippen molar-refractivity contribution in [2.24, 2.45) is 0 Å². The maximum atomic E-state index is 13.4. The van der Waals surface area contributed by atoms with Crippen LogP contribution in [0.3, 0.4) is 0 Å². The lowest BCUT2D eigenvalue weighted by molar-refractivity contribution is 0.544. The molecule has 0 aliphatic carbocycles. The van der Waals surface area contributed by atoms with Crippen molar-refractivity contribution in [1.82, 2.24) is 34.4 Å². The van der Waals surface area contributed by atoms with E-state index in [1.54, 1.807) is 16.9 Å². The molecule has 4 aromatic rings. The molecule has 1 aliphatic rings. The summed E-state index contributed by atoms with van der Waals surface area (Å²) in [5, 5.41) is 6.93. The Bertz CT molecular complexity index is 1670. The summed E-state index contributed by atoms with van der Waals surface area (Å²) in [7, 11) is -2.19. The molecule has 0 amide bonds. The van der Waals surface area contributed by atoms with Gasteiger partial charge in [-0.05, 0) is 55.4 Å². The summed E-state index contributed by atoms with van der Waals surface area (Å²) in [4.78, 5) is 27.1. The van der Waals surface area contributed by atoms with Crippen molar-refractivity contribution < 1.29 is 8.42 Å². The Morgan fingerprint density at radius 2 is 1.92 bits per heavy atom. The van der Waals surface area contributed by atoms with Gasteiger partial charge in [-0.1, -0.05) is 26.8 Å². The molecule has 5 rings (SSSR count). The SMILES string of the molecule is CNS(=O)(=O)CCn1c(=O)c2cnc(Nc3ccc4c(c3)CNCC4)nc2n1-c1ccnc(C(C)(C)C)c1. The average Bonchev–Trinajstić information content (AvgIpc) is 3.17. The van der Waals surface area contributed by atoms with E-state index in [0.29, 0.717) is 22.7 Å². The van der Waals surface area contributed by atoms with Crippen LogP contribution in [0.25, 0.3) is 16.7 Å². The number of anilines is 2. The first-order chi connectivity index (χ1) is 18.1. The summed E-state index contributed by atoms with van der Waals surface area (Å²) in [5.74, 6) is 0.0682. The van der Waals surface area contributed by atoms with Crippen molar-refractivity contribution in [3.05, 3.63) is 69.9 Å². The molecular formula is C26H32N8O3S. The molecule has 0 fully saturated rings. The molecule has 1 aliphatic heterocycles. The van der Waals surface area contributed by atoms with Gasteiger partial charge in [-0.2, -0.15) is 4.98 Å². The molecule has 0 saturated carbocycles. The molecule has 200 valence electrons. The Labute approximate surface area is 221 Å². The summed E-state index contributed by atoms with van der Waals surface area (Å²) < 4.78 is 29.8. The molecule has 12 heteroatoms. The summed E-state index contributed by atoms with van der Waals surface area (Å²) in [6.07, 6.45) is 4.16. The van der Waals surface area contributed by atoms with E-state index in [4.69, 9.17) is 4.98 Å². The topological polar surface area (TPSA) is 136 Å². The standard InChI is InChI=1S/C26H32N8O3S/c1-26(2,3)22-14-20(8-10-29-22)34-23-21(24(35)33(34)11-12-38(36,37)27-4)16-30-25(32-23)31-19-6-5-17-7-9-28-15-18(17)13-19/h5-6,8,10,13-14,16,27-28H,7,9,11-12,15H2,1-4H3,(H,30,31,32). The van der Waals surface area contributed by atoms with Crippen molar-refractivity contribution >= 4 is 32.7 Å². The van der Waals surface area contributed by atoms with E-state index in [9.17, 15) is 13.2 Å². The number of aromatic nitrogens is 5. The van der Waals surface area contributed by atoms with E-state index in [0.717, 1.165) is 30.9 Å². The van der Waals surface area contributed by atoms with Crippen LogP contribution in [0.4, 0.5) is 11.6 Å². The summed E-state index contributed by atoms with van der Waals surface area (Å²) >= 11 is 0. The number of hydrogen-bond acceptors (Lipinski definition) is 8. The second-order valence-corrected chi connectivity index (χ2v) is 12.4. The lowest BCUT2D eigenvalue weighted by Crippen LogP contribution is -2.30. The molecule has 0 atom stereocenters. The largest absolute Gasteiger partial charge is 0.324 e. The zero-order chi connectivity index (χ0) is 27.1. The van der Waals surface area contributed by atoms with E-state index in [1.165, 1.54) is 29.1 Å². The van der Waals surface area contributed by atoms with E-state index in [2.05, 4.69) is 58.2 Å². The predicted molar refractivity (Wildman–Crippen MR) is 148 cm³/mol. The van der Waals surface area contributed by atoms with Crippen molar-refractivity contribution in [3.63, 3.8) is 0 Å². The number of hydrogen-bond donors (Lipinski definition) is 3. The lowest BCUT2D eigenvalue weighted by atomic mass is 9.91. The molecule has 3 N–H and O–H groups in total. The second kappa shape index (κ2) is 9.93. The Morgan fingerprint density at radius 1 is 1.11 bits per heavy atom. The van der Waals surface area contributed by atoms with Gasteiger partial charge in [0.05, 0.1) is 18.0 Å². The summed E-state index contributed by atoms with van der Waals surface area (Å²) in [6.45, 7) is 7.87. The van der Waals surface area contributed by atoms with Crippen LogP contribution in [0.2, 0.25) is 0 Å². The maximum Gasteiger partial charge on any atom is 0.278 e. The number of nitrogens with one attached hydrogen (secondary N) is 3. The number of sulfonamides is 1. The number of fused-ring (bicyclic) bond motifs is 2. The highest BCUT2D eigenvalue weighted by Gasteiger charge is 2.22. The summed E-state index contributed by atoms with van der Waals surface area (Å²) in [5.41, 5.74) is 4.65. The molecule has 0 saturated heterocycles. The minimum Gasteiger partial charge on any atom is -0.324 e. The molecular weight excluding hydrogens is 504 g/mol. The van der Waals surface area contributed by atoms with Crippen LogP contribution in [-0.4, -0.2) is 52.1 Å². The van der Waals surface area contributed by atoms with Crippen molar-refractivity contribution in [2.75, 3.05) is 24.7 Å². The number of benzene rings is 1. The van der Waals surface area contributed by atoms with Gasteiger partial charge < -0.3 is 10.6 Å². The van der Waals surface area contributed by atoms with Crippen LogP contribution < -0.4 is 20.9 Å². The van der Waals surface area contributed by atoms with Gasteiger partial charge in [0.1, 0.15) is 5.39 Å². The van der Waals surface area contributed by atoms with E-state index < -0.39 is 10.0 Å². The first-order valence-corrected chi connectivity index (χ1v) is 14.2. The first-order valence-electron chi connectivity index (χ1n) is 12.5. The van der Waals surface area contributed by atoms with Gasteiger partial charge in [0.15, 0.2) is 5.65 Å². The summed E-state index contributed by atoms with van der Waals surface area (Å²) in [6, 6.07) is 9.86. The molecule has 0 unspecified atom stereocenters. The number of rotatable bonds is 7. The van der Waals surface area contributed by atoms with Crippen LogP contribution in [0.1, 0.15) is 37.6 Å². The van der Waals surface area contributed by atoms with Crippen LogP contribution in [0.15, 0.2) is 47.5 Å². The third kappa shape index (κ3) is 5.19. The van der Waals surface area contributed by atoms with Gasteiger partial charge in [-0.3, -0.25) is 9.78 Å². The average molecular weight is 537 g/mol. The molecule has 11 nitrogen and oxygen atoms in total. The Balaban J connectivity index is 1.62. The molecule has 1 aromatic carbocycles. The van der Waals surface area contributed by atoms with Gasteiger partial charge in [-0.15, -0.1) is 0 Å². The van der Waals surface area contributed by atoms with Crippen LogP contribution in [-0.2, 0) is 34.9 Å². The fraction of sp³-hybridized carbons (Fsp3) is 0.385.